The summed E-state index contributed by atoms with van der Waals surface area (Å²) < 4.78 is 0. The first kappa shape index (κ1) is 11.8. The summed E-state index contributed by atoms with van der Waals surface area (Å²) in [6.07, 6.45) is 2.33. The summed E-state index contributed by atoms with van der Waals surface area (Å²) in [7, 11) is 0. The first-order chi connectivity index (χ1) is 7.92. The van der Waals surface area contributed by atoms with Crippen LogP contribution in [0, 0.1) is 0 Å². The standard InChI is InChI=1S/C13H19N3O/c1-13(2)6-3-7-16(13)9-4-5-11(14)10(8-9)12(15)17/h4-5,8H,3,6-7,14H2,1-2H3,(H2,15,17). The molecule has 1 fully saturated rings. The van der Waals surface area contributed by atoms with Crippen LogP contribution in [0.1, 0.15) is 37.0 Å². The van der Waals surface area contributed by atoms with Crippen LogP contribution in [0.5, 0.6) is 0 Å². The van der Waals surface area contributed by atoms with E-state index in [0.717, 1.165) is 18.7 Å². The highest BCUT2D eigenvalue weighted by molar-refractivity contribution is 5.99. The van der Waals surface area contributed by atoms with Crippen molar-refractivity contribution in [2.24, 2.45) is 5.73 Å². The van der Waals surface area contributed by atoms with Gasteiger partial charge in [0.05, 0.1) is 5.56 Å². The predicted octanol–water partition coefficient (Wildman–Crippen LogP) is 1.75. The third-order valence-corrected chi connectivity index (χ3v) is 3.52. The van der Waals surface area contributed by atoms with E-state index in [1.807, 2.05) is 6.07 Å². The van der Waals surface area contributed by atoms with Crippen LogP contribution in [0.3, 0.4) is 0 Å². The van der Waals surface area contributed by atoms with Crippen LogP contribution in [0.4, 0.5) is 11.4 Å². The predicted molar refractivity (Wildman–Crippen MR) is 70.0 cm³/mol. The van der Waals surface area contributed by atoms with Crippen LogP contribution < -0.4 is 16.4 Å². The minimum Gasteiger partial charge on any atom is -0.398 e. The highest BCUT2D eigenvalue weighted by atomic mass is 16.1. The molecule has 4 nitrogen and oxygen atoms in total. The summed E-state index contributed by atoms with van der Waals surface area (Å²) in [4.78, 5) is 13.6. The summed E-state index contributed by atoms with van der Waals surface area (Å²) in [5, 5.41) is 0. The Morgan fingerprint density at radius 2 is 2.12 bits per heavy atom. The van der Waals surface area contributed by atoms with Crippen molar-refractivity contribution in [1.29, 1.82) is 0 Å². The average molecular weight is 233 g/mol. The smallest absolute Gasteiger partial charge is 0.250 e. The lowest BCUT2D eigenvalue weighted by Gasteiger charge is -2.34. The fourth-order valence-corrected chi connectivity index (χ4v) is 2.51. The Balaban J connectivity index is 2.40. The lowest BCUT2D eigenvalue weighted by atomic mass is 10.0. The number of nitrogens with two attached hydrogens (primary N) is 2. The molecule has 0 bridgehead atoms. The molecule has 0 saturated carbocycles. The number of anilines is 2. The number of hydrogen-bond acceptors (Lipinski definition) is 3. The molecule has 1 amide bonds. The van der Waals surface area contributed by atoms with Gasteiger partial charge in [0, 0.05) is 23.5 Å². The molecule has 17 heavy (non-hydrogen) atoms. The Bertz CT molecular complexity index is 454. The summed E-state index contributed by atoms with van der Waals surface area (Å²) in [6.45, 7) is 5.43. The van der Waals surface area contributed by atoms with Crippen LogP contribution in [-0.4, -0.2) is 18.0 Å². The molecule has 0 aromatic heterocycles. The molecule has 4 heteroatoms. The molecule has 0 radical (unpaired) electrons. The fraction of sp³-hybridized carbons (Fsp3) is 0.462. The molecule has 0 spiro atoms. The second-order valence-corrected chi connectivity index (χ2v) is 5.20. The van der Waals surface area contributed by atoms with Gasteiger partial charge in [0.15, 0.2) is 0 Å². The zero-order valence-electron chi connectivity index (χ0n) is 10.4. The molecule has 92 valence electrons. The molecule has 1 aliphatic heterocycles. The van der Waals surface area contributed by atoms with Crippen LogP contribution in [-0.2, 0) is 0 Å². The zero-order valence-corrected chi connectivity index (χ0v) is 10.4. The van der Waals surface area contributed by atoms with E-state index in [0.29, 0.717) is 11.3 Å². The average Bonchev–Trinajstić information content (AvgIpc) is 2.58. The topological polar surface area (TPSA) is 72.3 Å². The van der Waals surface area contributed by atoms with Crippen molar-refractivity contribution >= 4 is 17.3 Å². The van der Waals surface area contributed by atoms with Gasteiger partial charge in [-0.15, -0.1) is 0 Å². The van der Waals surface area contributed by atoms with Crippen molar-refractivity contribution in [3.63, 3.8) is 0 Å². The molecule has 0 aliphatic carbocycles. The second-order valence-electron chi connectivity index (χ2n) is 5.20. The van der Waals surface area contributed by atoms with Gasteiger partial charge in [0.25, 0.3) is 5.91 Å². The zero-order chi connectivity index (χ0) is 12.6. The summed E-state index contributed by atoms with van der Waals surface area (Å²) >= 11 is 0. The number of carbonyl (C=O) groups excluding carboxylic acids is 1. The van der Waals surface area contributed by atoms with Crippen molar-refractivity contribution in [3.05, 3.63) is 23.8 Å². The van der Waals surface area contributed by atoms with Gasteiger partial charge in [-0.2, -0.15) is 0 Å². The molecule has 0 atom stereocenters. The van der Waals surface area contributed by atoms with Crippen molar-refractivity contribution in [3.8, 4) is 0 Å². The van der Waals surface area contributed by atoms with Gasteiger partial charge in [-0.3, -0.25) is 4.79 Å². The fourth-order valence-electron chi connectivity index (χ4n) is 2.51. The third-order valence-electron chi connectivity index (χ3n) is 3.52. The maximum absolute atomic E-state index is 11.3. The number of carbonyl (C=O) groups is 1. The van der Waals surface area contributed by atoms with E-state index >= 15 is 0 Å². The molecule has 2 rings (SSSR count). The highest BCUT2D eigenvalue weighted by Crippen LogP contribution is 2.34. The minimum absolute atomic E-state index is 0.130. The SMILES string of the molecule is CC1(C)CCCN1c1ccc(N)c(C(N)=O)c1. The lowest BCUT2D eigenvalue weighted by Crippen LogP contribution is -2.38. The van der Waals surface area contributed by atoms with E-state index in [4.69, 9.17) is 11.5 Å². The van der Waals surface area contributed by atoms with Crippen molar-refractivity contribution in [2.75, 3.05) is 17.2 Å². The van der Waals surface area contributed by atoms with Crippen molar-refractivity contribution in [1.82, 2.24) is 0 Å². The van der Waals surface area contributed by atoms with E-state index < -0.39 is 5.91 Å². The highest BCUT2D eigenvalue weighted by Gasteiger charge is 2.32. The van der Waals surface area contributed by atoms with E-state index in [1.165, 1.54) is 6.42 Å². The normalized spacial score (nSPS) is 18.4. The number of nitrogens with zero attached hydrogens (tertiary/aromatic N) is 1. The third kappa shape index (κ3) is 2.07. The molecule has 4 N–H and O–H groups in total. The molecule has 1 heterocycles. The van der Waals surface area contributed by atoms with E-state index in [9.17, 15) is 4.79 Å². The Hall–Kier alpha value is -1.71. The molecule has 1 aromatic rings. The summed E-state index contributed by atoms with van der Waals surface area (Å²) in [6, 6.07) is 5.50. The van der Waals surface area contributed by atoms with E-state index in [2.05, 4.69) is 18.7 Å². The van der Waals surface area contributed by atoms with Crippen molar-refractivity contribution in [2.45, 2.75) is 32.2 Å². The molecule has 1 saturated heterocycles. The monoisotopic (exact) mass is 233 g/mol. The number of amides is 1. The van der Waals surface area contributed by atoms with Gasteiger partial charge in [0.2, 0.25) is 0 Å². The van der Waals surface area contributed by atoms with Gasteiger partial charge < -0.3 is 16.4 Å². The largest absolute Gasteiger partial charge is 0.398 e. The van der Waals surface area contributed by atoms with Crippen molar-refractivity contribution < 1.29 is 4.79 Å². The number of primary amides is 1. The van der Waals surface area contributed by atoms with Gasteiger partial charge in [0.1, 0.15) is 0 Å². The van der Waals surface area contributed by atoms with Crippen LogP contribution in [0.2, 0.25) is 0 Å². The summed E-state index contributed by atoms with van der Waals surface area (Å²) in [5.74, 6) is -0.471. The Morgan fingerprint density at radius 1 is 1.41 bits per heavy atom. The van der Waals surface area contributed by atoms with Crippen LogP contribution in [0.15, 0.2) is 18.2 Å². The summed E-state index contributed by atoms with van der Waals surface area (Å²) in [5.41, 5.74) is 13.1. The van der Waals surface area contributed by atoms with Crippen LogP contribution in [0.25, 0.3) is 0 Å². The van der Waals surface area contributed by atoms with E-state index in [-0.39, 0.29) is 5.54 Å². The number of benzene rings is 1. The number of rotatable bonds is 2. The second kappa shape index (κ2) is 3.95. The van der Waals surface area contributed by atoms with Gasteiger partial charge in [-0.25, -0.2) is 0 Å². The quantitative estimate of drug-likeness (QED) is 0.764. The lowest BCUT2D eigenvalue weighted by molar-refractivity contribution is 0.100. The Morgan fingerprint density at radius 3 is 2.65 bits per heavy atom. The maximum atomic E-state index is 11.3. The molecular formula is C13H19N3O. The number of hydrogen-bond donors (Lipinski definition) is 2. The van der Waals surface area contributed by atoms with Crippen LogP contribution >= 0.6 is 0 Å². The first-order valence-corrected chi connectivity index (χ1v) is 5.89. The molecule has 1 aromatic carbocycles. The van der Waals surface area contributed by atoms with E-state index in [1.54, 1.807) is 12.1 Å². The molecule has 0 unspecified atom stereocenters. The molecule has 1 aliphatic rings. The number of nitrogen functional groups attached to an aromatic ring is 1. The minimum atomic E-state index is -0.471. The van der Waals surface area contributed by atoms with Gasteiger partial charge in [-0.05, 0) is 44.9 Å². The van der Waals surface area contributed by atoms with Gasteiger partial charge in [-0.1, -0.05) is 0 Å². The Labute approximate surface area is 102 Å². The first-order valence-electron chi connectivity index (χ1n) is 5.89. The Kier molecular flexibility index (Phi) is 2.73. The molecular weight excluding hydrogens is 214 g/mol. The maximum Gasteiger partial charge on any atom is 0.250 e. The van der Waals surface area contributed by atoms with Gasteiger partial charge >= 0.3 is 0 Å².